The van der Waals surface area contributed by atoms with Crippen molar-refractivity contribution in [1.29, 1.82) is 0 Å². The van der Waals surface area contributed by atoms with Gasteiger partial charge in [-0.3, -0.25) is 4.90 Å². The van der Waals surface area contributed by atoms with E-state index in [1.165, 1.54) is 51.6 Å². The lowest BCUT2D eigenvalue weighted by Crippen LogP contribution is -2.63. The van der Waals surface area contributed by atoms with E-state index in [-0.39, 0.29) is 5.54 Å². The Bertz CT molecular complexity index is 243. The zero-order valence-corrected chi connectivity index (χ0v) is 9.84. The van der Waals surface area contributed by atoms with E-state index in [1.54, 1.807) is 0 Å². The van der Waals surface area contributed by atoms with Crippen LogP contribution in [0.3, 0.4) is 0 Å². The molecule has 0 radical (unpaired) electrons. The molecule has 0 aromatic rings. The third kappa shape index (κ3) is 1.53. The fraction of sp³-hybridized carbons (Fsp3) is 1.00. The lowest BCUT2D eigenvalue weighted by molar-refractivity contribution is -0.0804. The van der Waals surface area contributed by atoms with E-state index in [4.69, 9.17) is 0 Å². The van der Waals surface area contributed by atoms with Gasteiger partial charge in [0.1, 0.15) is 0 Å². The maximum absolute atomic E-state index is 9.71. The summed E-state index contributed by atoms with van der Waals surface area (Å²) in [4.78, 5) is 2.59. The molecule has 0 amide bonds. The Kier molecular flexibility index (Phi) is 2.16. The molecule has 15 heavy (non-hydrogen) atoms. The largest absolute Gasteiger partial charge is 0.394 e. The van der Waals surface area contributed by atoms with E-state index in [9.17, 15) is 5.11 Å². The summed E-state index contributed by atoms with van der Waals surface area (Å²) in [6.45, 7) is 5.29. The first kappa shape index (κ1) is 10.1. The van der Waals surface area contributed by atoms with Crippen LogP contribution in [0.25, 0.3) is 0 Å². The number of aliphatic hydroxyl groups excluding tert-OH is 1. The highest BCUT2D eigenvalue weighted by atomic mass is 16.3. The summed E-state index contributed by atoms with van der Waals surface area (Å²) in [7, 11) is 0. The summed E-state index contributed by atoms with van der Waals surface area (Å²) in [5.41, 5.74) is 0.908. The standard InChI is InChI=1S/C13H23NO/c1-11-2-4-13(10-15,5-3-11)14-8-12(9-14)6-7-12/h11,15H,2-10H2,1H3. The van der Waals surface area contributed by atoms with Gasteiger partial charge in [-0.05, 0) is 49.9 Å². The Morgan fingerprint density at radius 2 is 1.73 bits per heavy atom. The molecular weight excluding hydrogens is 186 g/mol. The second-order valence-corrected chi connectivity index (χ2v) is 6.42. The molecule has 2 saturated carbocycles. The Balaban J connectivity index is 1.65. The highest BCUT2D eigenvalue weighted by Gasteiger charge is 2.57. The first-order chi connectivity index (χ1) is 7.18. The molecule has 86 valence electrons. The Morgan fingerprint density at radius 3 is 2.20 bits per heavy atom. The van der Waals surface area contributed by atoms with Crippen LogP contribution in [0.4, 0.5) is 0 Å². The van der Waals surface area contributed by atoms with Crippen molar-refractivity contribution in [1.82, 2.24) is 4.90 Å². The van der Waals surface area contributed by atoms with Gasteiger partial charge in [0.2, 0.25) is 0 Å². The van der Waals surface area contributed by atoms with Crippen LogP contribution in [0.1, 0.15) is 45.4 Å². The zero-order valence-electron chi connectivity index (χ0n) is 9.84. The van der Waals surface area contributed by atoms with Gasteiger partial charge in [-0.2, -0.15) is 0 Å². The van der Waals surface area contributed by atoms with E-state index in [0.29, 0.717) is 6.61 Å². The fourth-order valence-corrected chi connectivity index (χ4v) is 3.47. The first-order valence-electron chi connectivity index (χ1n) is 6.54. The van der Waals surface area contributed by atoms with Crippen LogP contribution in [-0.4, -0.2) is 35.2 Å². The van der Waals surface area contributed by atoms with Crippen LogP contribution in [0.5, 0.6) is 0 Å². The molecule has 1 spiro atoms. The van der Waals surface area contributed by atoms with E-state index in [0.717, 1.165) is 11.3 Å². The summed E-state index contributed by atoms with van der Waals surface area (Å²) >= 11 is 0. The topological polar surface area (TPSA) is 23.5 Å². The molecule has 3 rings (SSSR count). The normalized spacial score (nSPS) is 44.0. The molecule has 0 aromatic carbocycles. The maximum atomic E-state index is 9.71. The van der Waals surface area contributed by atoms with Crippen molar-refractivity contribution in [2.75, 3.05) is 19.7 Å². The number of likely N-dealkylation sites (tertiary alicyclic amines) is 1. The van der Waals surface area contributed by atoms with E-state index in [2.05, 4.69) is 11.8 Å². The third-order valence-electron chi connectivity index (χ3n) is 5.18. The van der Waals surface area contributed by atoms with Gasteiger partial charge in [-0.25, -0.2) is 0 Å². The Hall–Kier alpha value is -0.0800. The highest BCUT2D eigenvalue weighted by Crippen LogP contribution is 2.56. The van der Waals surface area contributed by atoms with E-state index < -0.39 is 0 Å². The van der Waals surface area contributed by atoms with Gasteiger partial charge in [-0.1, -0.05) is 6.92 Å². The van der Waals surface area contributed by atoms with Crippen LogP contribution >= 0.6 is 0 Å². The van der Waals surface area contributed by atoms with Gasteiger partial charge in [0.05, 0.1) is 6.61 Å². The summed E-state index contributed by atoms with van der Waals surface area (Å²) in [6.07, 6.45) is 7.96. The minimum atomic E-state index is 0.181. The molecule has 0 atom stereocenters. The minimum absolute atomic E-state index is 0.181. The first-order valence-corrected chi connectivity index (χ1v) is 6.54. The van der Waals surface area contributed by atoms with Gasteiger partial charge >= 0.3 is 0 Å². The second-order valence-electron chi connectivity index (χ2n) is 6.42. The van der Waals surface area contributed by atoms with Crippen LogP contribution in [0.2, 0.25) is 0 Å². The molecule has 0 aromatic heterocycles. The summed E-state index contributed by atoms with van der Waals surface area (Å²) < 4.78 is 0. The fourth-order valence-electron chi connectivity index (χ4n) is 3.47. The molecule has 2 heteroatoms. The van der Waals surface area contributed by atoms with Gasteiger partial charge in [0.25, 0.3) is 0 Å². The molecule has 1 N–H and O–H groups in total. The van der Waals surface area contributed by atoms with Crippen LogP contribution in [0.15, 0.2) is 0 Å². The number of rotatable bonds is 2. The van der Waals surface area contributed by atoms with E-state index >= 15 is 0 Å². The van der Waals surface area contributed by atoms with Crippen LogP contribution in [0, 0.1) is 11.3 Å². The summed E-state index contributed by atoms with van der Waals surface area (Å²) in [6, 6.07) is 0. The average molecular weight is 209 g/mol. The van der Waals surface area contributed by atoms with Crippen LogP contribution in [-0.2, 0) is 0 Å². The van der Waals surface area contributed by atoms with E-state index in [1.807, 2.05) is 0 Å². The van der Waals surface area contributed by atoms with Gasteiger partial charge in [-0.15, -0.1) is 0 Å². The van der Waals surface area contributed by atoms with Crippen LogP contribution < -0.4 is 0 Å². The molecule has 2 aliphatic carbocycles. The highest BCUT2D eigenvalue weighted by molar-refractivity contribution is 5.11. The van der Waals surface area contributed by atoms with Crippen molar-refractivity contribution in [2.45, 2.75) is 51.0 Å². The predicted octanol–water partition coefficient (Wildman–Crippen LogP) is 2.02. The molecule has 0 unspecified atom stereocenters. The maximum Gasteiger partial charge on any atom is 0.0615 e. The minimum Gasteiger partial charge on any atom is -0.394 e. The predicted molar refractivity (Wildman–Crippen MR) is 60.7 cm³/mol. The zero-order chi connectivity index (χ0) is 10.5. The molecule has 3 aliphatic rings. The van der Waals surface area contributed by atoms with Crippen molar-refractivity contribution in [3.63, 3.8) is 0 Å². The number of nitrogens with zero attached hydrogens (tertiary/aromatic N) is 1. The Labute approximate surface area is 92.7 Å². The van der Waals surface area contributed by atoms with Crippen molar-refractivity contribution in [3.05, 3.63) is 0 Å². The molecule has 2 nitrogen and oxygen atoms in total. The lowest BCUT2D eigenvalue weighted by atomic mass is 9.73. The van der Waals surface area contributed by atoms with Crippen molar-refractivity contribution >= 4 is 0 Å². The molecule has 1 saturated heterocycles. The lowest BCUT2D eigenvalue weighted by Gasteiger charge is -2.54. The summed E-state index contributed by atoms with van der Waals surface area (Å²) in [5.74, 6) is 0.876. The van der Waals surface area contributed by atoms with Crippen molar-refractivity contribution in [3.8, 4) is 0 Å². The SMILES string of the molecule is CC1CCC(CO)(N2CC3(CC3)C2)CC1. The molecule has 1 aliphatic heterocycles. The average Bonchev–Trinajstić information content (AvgIpc) is 2.98. The van der Waals surface area contributed by atoms with Gasteiger partial charge < -0.3 is 5.11 Å². The van der Waals surface area contributed by atoms with Crippen molar-refractivity contribution < 1.29 is 5.11 Å². The van der Waals surface area contributed by atoms with Crippen molar-refractivity contribution in [2.24, 2.45) is 11.3 Å². The monoisotopic (exact) mass is 209 g/mol. The number of aliphatic hydroxyl groups is 1. The number of hydrogen-bond donors (Lipinski definition) is 1. The Morgan fingerprint density at radius 1 is 1.13 bits per heavy atom. The summed E-state index contributed by atoms with van der Waals surface area (Å²) in [5, 5.41) is 9.71. The quantitative estimate of drug-likeness (QED) is 0.752. The second kappa shape index (κ2) is 3.21. The molecule has 1 heterocycles. The third-order valence-corrected chi connectivity index (χ3v) is 5.18. The molecule has 3 fully saturated rings. The number of hydrogen-bond acceptors (Lipinski definition) is 2. The molecule has 0 bridgehead atoms. The molecular formula is C13H23NO. The van der Waals surface area contributed by atoms with Gasteiger partial charge in [0, 0.05) is 18.6 Å². The smallest absolute Gasteiger partial charge is 0.0615 e. The van der Waals surface area contributed by atoms with Gasteiger partial charge in [0.15, 0.2) is 0 Å².